The van der Waals surface area contributed by atoms with E-state index >= 15 is 0 Å². The van der Waals surface area contributed by atoms with Crippen molar-refractivity contribution in [2.24, 2.45) is 5.92 Å². The number of amides is 1. The summed E-state index contributed by atoms with van der Waals surface area (Å²) in [5.41, 5.74) is 2.70. The number of benzene rings is 1. The molecular formula is C26H30N6O3. The molecule has 0 unspecified atom stereocenters. The second-order valence-corrected chi connectivity index (χ2v) is 9.14. The van der Waals surface area contributed by atoms with Gasteiger partial charge in [-0.3, -0.25) is 9.59 Å². The van der Waals surface area contributed by atoms with Crippen molar-refractivity contribution in [2.45, 2.75) is 38.1 Å². The summed E-state index contributed by atoms with van der Waals surface area (Å²) in [4.78, 5) is 35.9. The van der Waals surface area contributed by atoms with Crippen molar-refractivity contribution in [3.8, 4) is 17.0 Å². The molecule has 1 N–H and O–H groups in total. The fraction of sp³-hybridized carbons (Fsp3) is 0.423. The Balaban J connectivity index is 1.12. The Morgan fingerprint density at radius 3 is 2.54 bits per heavy atom. The van der Waals surface area contributed by atoms with Gasteiger partial charge < -0.3 is 15.0 Å². The molecule has 1 saturated carbocycles. The number of piperidine rings is 1. The van der Waals surface area contributed by atoms with Crippen LogP contribution in [0.3, 0.4) is 0 Å². The van der Waals surface area contributed by atoms with Gasteiger partial charge in [-0.15, -0.1) is 0 Å². The maximum absolute atomic E-state index is 12.7. The van der Waals surface area contributed by atoms with Crippen LogP contribution in [-0.2, 0) is 11.3 Å². The predicted octanol–water partition coefficient (Wildman–Crippen LogP) is 2.62. The van der Waals surface area contributed by atoms with Crippen LogP contribution in [0.15, 0.2) is 53.6 Å². The molecule has 0 spiro atoms. The largest absolute Gasteiger partial charge is 0.497 e. The maximum atomic E-state index is 12.7. The molecule has 1 aliphatic carbocycles. The molecule has 5 rings (SSSR count). The summed E-state index contributed by atoms with van der Waals surface area (Å²) in [7, 11) is 1.65. The molecule has 1 aliphatic heterocycles. The Morgan fingerprint density at radius 1 is 1.06 bits per heavy atom. The molecule has 0 bridgehead atoms. The fourth-order valence-electron chi connectivity index (χ4n) is 4.46. The molecule has 9 nitrogen and oxygen atoms in total. The summed E-state index contributed by atoms with van der Waals surface area (Å²) >= 11 is 0. The van der Waals surface area contributed by atoms with Crippen molar-refractivity contribution in [3.63, 3.8) is 0 Å². The molecular weight excluding hydrogens is 444 g/mol. The van der Waals surface area contributed by atoms with Crippen molar-refractivity contribution in [2.75, 3.05) is 31.6 Å². The third kappa shape index (κ3) is 5.50. The average molecular weight is 475 g/mol. The molecule has 1 aromatic carbocycles. The van der Waals surface area contributed by atoms with E-state index < -0.39 is 0 Å². The summed E-state index contributed by atoms with van der Waals surface area (Å²) in [6, 6.07) is 13.2. The van der Waals surface area contributed by atoms with Crippen LogP contribution in [0.2, 0.25) is 0 Å². The molecule has 1 saturated heterocycles. The molecule has 2 aromatic heterocycles. The van der Waals surface area contributed by atoms with Crippen molar-refractivity contribution >= 4 is 11.7 Å². The summed E-state index contributed by atoms with van der Waals surface area (Å²) in [5, 5.41) is 7.45. The number of nitrogens with zero attached hydrogens (tertiary/aromatic N) is 5. The Kier molecular flexibility index (Phi) is 6.74. The molecule has 2 aliphatic rings. The standard InChI is InChI=1S/C26H30N6O3/c1-35-21-6-4-19(5-7-21)23-16-24(29-17-28-23)31-13-10-20(11-14-31)26(34)27-12-15-32-25(33)9-8-22(30-32)18-2-3-18/h4-9,16-18,20H,2-3,10-15H2,1H3,(H,27,34). The van der Waals surface area contributed by atoms with Crippen molar-refractivity contribution in [1.29, 1.82) is 0 Å². The van der Waals surface area contributed by atoms with E-state index in [1.807, 2.05) is 36.4 Å². The maximum Gasteiger partial charge on any atom is 0.266 e. The second-order valence-electron chi connectivity index (χ2n) is 9.14. The molecule has 9 heteroatoms. The smallest absolute Gasteiger partial charge is 0.266 e. The molecule has 35 heavy (non-hydrogen) atoms. The third-order valence-corrected chi connectivity index (χ3v) is 6.73. The highest BCUT2D eigenvalue weighted by atomic mass is 16.5. The van der Waals surface area contributed by atoms with Gasteiger partial charge in [0, 0.05) is 49.2 Å². The minimum absolute atomic E-state index is 0.0395. The molecule has 3 aromatic rings. The fourth-order valence-corrected chi connectivity index (χ4v) is 4.46. The molecule has 2 fully saturated rings. The lowest BCUT2D eigenvalue weighted by atomic mass is 9.96. The number of hydrogen-bond acceptors (Lipinski definition) is 7. The van der Waals surface area contributed by atoms with Gasteiger partial charge in [0.25, 0.3) is 5.56 Å². The van der Waals surface area contributed by atoms with Gasteiger partial charge in [-0.05, 0) is 56.0 Å². The predicted molar refractivity (Wildman–Crippen MR) is 132 cm³/mol. The van der Waals surface area contributed by atoms with Gasteiger partial charge in [0.15, 0.2) is 0 Å². The lowest BCUT2D eigenvalue weighted by Crippen LogP contribution is -2.42. The first-order valence-corrected chi connectivity index (χ1v) is 12.2. The summed E-state index contributed by atoms with van der Waals surface area (Å²) in [5.74, 6) is 2.15. The van der Waals surface area contributed by atoms with Gasteiger partial charge in [0.2, 0.25) is 5.91 Å². The van der Waals surface area contributed by atoms with Gasteiger partial charge >= 0.3 is 0 Å². The Hall–Kier alpha value is -3.75. The zero-order valence-corrected chi connectivity index (χ0v) is 19.9. The number of nitrogens with one attached hydrogen (secondary N) is 1. The highest BCUT2D eigenvalue weighted by molar-refractivity contribution is 5.79. The Labute approximate surface area is 204 Å². The van der Waals surface area contributed by atoms with E-state index in [0.29, 0.717) is 19.0 Å². The quantitative estimate of drug-likeness (QED) is 0.535. The van der Waals surface area contributed by atoms with Crippen LogP contribution in [0.4, 0.5) is 5.82 Å². The SMILES string of the molecule is COc1ccc(-c2cc(N3CCC(C(=O)NCCn4nc(C5CC5)ccc4=O)CC3)ncn2)cc1. The summed E-state index contributed by atoms with van der Waals surface area (Å²) < 4.78 is 6.69. The van der Waals surface area contributed by atoms with Gasteiger partial charge in [0.1, 0.15) is 17.9 Å². The second kappa shape index (κ2) is 10.2. The summed E-state index contributed by atoms with van der Waals surface area (Å²) in [6.07, 6.45) is 5.37. The van der Waals surface area contributed by atoms with E-state index in [1.54, 1.807) is 19.5 Å². The van der Waals surface area contributed by atoms with Crippen molar-refractivity contribution in [1.82, 2.24) is 25.1 Å². The topological polar surface area (TPSA) is 102 Å². The van der Waals surface area contributed by atoms with Crippen molar-refractivity contribution < 1.29 is 9.53 Å². The molecule has 182 valence electrons. The Bertz CT molecular complexity index is 1230. The van der Waals surface area contributed by atoms with E-state index in [0.717, 1.165) is 67.3 Å². The van der Waals surface area contributed by atoms with Gasteiger partial charge in [-0.25, -0.2) is 14.6 Å². The van der Waals surface area contributed by atoms with E-state index in [-0.39, 0.29) is 17.4 Å². The average Bonchev–Trinajstić information content (AvgIpc) is 3.76. The van der Waals surface area contributed by atoms with Crippen LogP contribution in [0.1, 0.15) is 37.3 Å². The first-order valence-electron chi connectivity index (χ1n) is 12.2. The number of carbonyl (C=O) groups is 1. The van der Waals surface area contributed by atoms with E-state index in [9.17, 15) is 9.59 Å². The van der Waals surface area contributed by atoms with E-state index in [4.69, 9.17) is 4.74 Å². The molecule has 1 amide bonds. The van der Waals surface area contributed by atoms with Crippen LogP contribution in [-0.4, -0.2) is 52.4 Å². The lowest BCUT2D eigenvalue weighted by molar-refractivity contribution is -0.125. The van der Waals surface area contributed by atoms with Gasteiger partial charge in [-0.2, -0.15) is 5.10 Å². The minimum atomic E-state index is -0.129. The third-order valence-electron chi connectivity index (χ3n) is 6.73. The molecule has 0 atom stereocenters. The number of rotatable bonds is 8. The van der Waals surface area contributed by atoms with Crippen LogP contribution in [0, 0.1) is 5.92 Å². The normalized spacial score (nSPS) is 16.2. The number of carbonyl (C=O) groups excluding carboxylic acids is 1. The first kappa shape index (κ1) is 23.0. The van der Waals surface area contributed by atoms with Crippen molar-refractivity contribution in [3.05, 3.63) is 64.8 Å². The monoisotopic (exact) mass is 474 g/mol. The zero-order valence-electron chi connectivity index (χ0n) is 19.9. The van der Waals surface area contributed by atoms with E-state index in [2.05, 4.69) is 25.3 Å². The highest BCUT2D eigenvalue weighted by Gasteiger charge is 2.27. The molecule has 3 heterocycles. The highest BCUT2D eigenvalue weighted by Crippen LogP contribution is 2.38. The minimum Gasteiger partial charge on any atom is -0.497 e. The number of aromatic nitrogens is 4. The van der Waals surface area contributed by atoms with Gasteiger partial charge in [-0.1, -0.05) is 0 Å². The van der Waals surface area contributed by atoms with Crippen LogP contribution in [0.5, 0.6) is 5.75 Å². The Morgan fingerprint density at radius 2 is 1.83 bits per heavy atom. The zero-order chi connectivity index (χ0) is 24.2. The summed E-state index contributed by atoms with van der Waals surface area (Å²) in [6.45, 7) is 2.29. The van der Waals surface area contributed by atoms with Crippen LogP contribution >= 0.6 is 0 Å². The number of anilines is 1. The van der Waals surface area contributed by atoms with E-state index in [1.165, 1.54) is 4.68 Å². The van der Waals surface area contributed by atoms with Gasteiger partial charge in [0.05, 0.1) is 25.0 Å². The first-order chi connectivity index (χ1) is 17.1. The van der Waals surface area contributed by atoms with Crippen LogP contribution < -0.4 is 20.5 Å². The molecule has 0 radical (unpaired) electrons. The lowest BCUT2D eigenvalue weighted by Gasteiger charge is -2.32. The number of ether oxygens (including phenoxy) is 1. The number of hydrogen-bond donors (Lipinski definition) is 1. The van der Waals surface area contributed by atoms with Crippen LogP contribution in [0.25, 0.3) is 11.3 Å². The number of methoxy groups -OCH3 is 1.